The van der Waals surface area contributed by atoms with Crippen LogP contribution < -0.4 is 26.0 Å². The number of nitrogens with zero attached hydrogens (tertiary/aromatic N) is 8. The van der Waals surface area contributed by atoms with Crippen LogP contribution in [0.5, 0.6) is 5.75 Å². The summed E-state index contributed by atoms with van der Waals surface area (Å²) in [5.74, 6) is -9.95. The van der Waals surface area contributed by atoms with Crippen LogP contribution in [0.15, 0.2) is 176 Å². The van der Waals surface area contributed by atoms with E-state index >= 15 is 0 Å². The number of hydrogen-bond donors (Lipinski definition) is 14. The molecule has 0 saturated carbocycles. The summed E-state index contributed by atoms with van der Waals surface area (Å²) in [4.78, 5) is 102. The molecule has 8 aromatic carbocycles. The van der Waals surface area contributed by atoms with Crippen LogP contribution in [0.1, 0.15) is 69.8 Å². The molecule has 14 N–H and O–H groups in total. The zero-order valence-electron chi connectivity index (χ0n) is 57.0. The van der Waals surface area contributed by atoms with Crippen LogP contribution in [0.4, 0.5) is 53.5 Å². The highest BCUT2D eigenvalue weighted by Crippen LogP contribution is 2.33. The van der Waals surface area contributed by atoms with Crippen molar-refractivity contribution in [1.29, 1.82) is 0 Å². The van der Waals surface area contributed by atoms with E-state index in [1.54, 1.807) is 36.4 Å². The summed E-state index contributed by atoms with van der Waals surface area (Å²) in [5.41, 5.74) is 6.51. The Kier molecular flexibility index (Phi) is 21.4. The minimum Gasteiger partial charge on any atom is -0.496 e. The van der Waals surface area contributed by atoms with E-state index in [1.807, 2.05) is 24.3 Å². The van der Waals surface area contributed by atoms with Gasteiger partial charge in [0, 0.05) is 18.1 Å². The number of rotatable bonds is 17. The highest BCUT2D eigenvalue weighted by atomic mass is 19.2. The van der Waals surface area contributed by atoms with Crippen molar-refractivity contribution >= 4 is 102 Å². The van der Waals surface area contributed by atoms with E-state index in [9.17, 15) is 64.6 Å². The molecule has 8 heterocycles. The maximum absolute atomic E-state index is 14.1. The predicted molar refractivity (Wildman–Crippen MR) is 387 cm³/mol. The molecular weight excluding hydrogens is 1460 g/mol. The molecule has 0 aliphatic heterocycles. The fourth-order valence-corrected chi connectivity index (χ4v) is 11.2. The van der Waals surface area contributed by atoms with Gasteiger partial charge in [0.05, 0.1) is 111 Å². The third-order valence-corrected chi connectivity index (χ3v) is 16.4. The number of benzene rings is 8. The first-order valence-corrected chi connectivity index (χ1v) is 32.5. The van der Waals surface area contributed by atoms with Crippen molar-refractivity contribution in [2.24, 2.45) is 0 Å². The number of halogens is 7. The van der Waals surface area contributed by atoms with Gasteiger partial charge in [0.1, 0.15) is 98.1 Å². The van der Waals surface area contributed by atoms with Crippen molar-refractivity contribution in [3.8, 4) is 51.8 Å². The Labute approximate surface area is 616 Å². The van der Waals surface area contributed by atoms with Gasteiger partial charge in [-0.1, -0.05) is 60.7 Å². The fourth-order valence-electron chi connectivity index (χ4n) is 11.2. The van der Waals surface area contributed by atoms with Crippen molar-refractivity contribution in [3.05, 3.63) is 256 Å². The summed E-state index contributed by atoms with van der Waals surface area (Å²) in [7, 11) is 1.38. The summed E-state index contributed by atoms with van der Waals surface area (Å²) >= 11 is 0. The predicted octanol–water partition coefficient (Wildman–Crippen LogP) is 13.1. The normalized spacial score (nSPS) is 10.9. The van der Waals surface area contributed by atoms with E-state index in [0.717, 1.165) is 53.5 Å². The summed E-state index contributed by atoms with van der Waals surface area (Å²) in [6.45, 7) is 1.19. The number of aromatic nitrogens is 16. The van der Waals surface area contributed by atoms with Crippen molar-refractivity contribution in [3.63, 3.8) is 0 Å². The van der Waals surface area contributed by atoms with Gasteiger partial charge >= 0.3 is 11.9 Å². The summed E-state index contributed by atoms with van der Waals surface area (Å²) in [6.07, 6.45) is 5.32. The van der Waals surface area contributed by atoms with Crippen LogP contribution >= 0.6 is 0 Å². The summed E-state index contributed by atoms with van der Waals surface area (Å²) in [5, 5.41) is 54.8. The standard InChI is InChI=1S/C20H15F2N5O3.C18H11F2N5O3.C18H13F2N5O2.C18H14FN5O2/c1-10(28)30-9-11-4-2-7-14-17(11)26-19(24-14)18-15(8-23-27-18)25-20(29)16-12(21)5-3-6-13(16)22;19-9-2-1-3-10(20)14(9)17(26)24-13-7-21-25-15(13)16-22-11-5-4-8(18(27)28)6-12(11)23-16;19-10-4-2-5-11(20)14(10)18(27)23-13-7-21-25-16(13)17-22-12-6-1-3-9(8-26)15(12)24-17;1-26-14-8-4-5-10(19)15(14)18(25)23-13-9-20-24-16(13)17-21-11-6-2-3-7-12(11)22-17/h2-8H,9H2,1H3,(H,23,27)(H,24,26)(H,25,29);1-7H,(H,21,25)(H,22,23)(H,24,26)(H,27,28);1-7,26H,8H2,(H,21,25)(H,22,24)(H,23,27);2-9H,1H3,(H,20,24)(H,21,22)(H,23,25). The van der Waals surface area contributed by atoms with Gasteiger partial charge in [0.25, 0.3) is 23.6 Å². The minimum atomic E-state index is -1.08. The maximum atomic E-state index is 14.1. The zero-order chi connectivity index (χ0) is 78.1. The van der Waals surface area contributed by atoms with E-state index in [2.05, 4.69) is 102 Å². The van der Waals surface area contributed by atoms with Crippen LogP contribution in [0, 0.1) is 40.7 Å². The van der Waals surface area contributed by atoms with Gasteiger partial charge in [-0.2, -0.15) is 20.4 Å². The summed E-state index contributed by atoms with van der Waals surface area (Å²) in [6, 6.07) is 36.2. The third kappa shape index (κ3) is 15.9. The van der Waals surface area contributed by atoms with Crippen LogP contribution in [-0.4, -0.2) is 134 Å². The minimum absolute atomic E-state index is 0.0517. The number of aliphatic hydroxyl groups is 1. The molecule has 4 amide bonds. The molecule has 0 aliphatic carbocycles. The molecule has 0 aliphatic rings. The number of ether oxygens (including phenoxy) is 2. The van der Waals surface area contributed by atoms with Gasteiger partial charge in [0.15, 0.2) is 23.3 Å². The maximum Gasteiger partial charge on any atom is 0.335 e. The molecule has 0 fully saturated rings. The van der Waals surface area contributed by atoms with E-state index < -0.39 is 93.0 Å². The van der Waals surface area contributed by atoms with Gasteiger partial charge in [-0.15, -0.1) is 0 Å². The lowest BCUT2D eigenvalue weighted by Gasteiger charge is -2.09. The van der Waals surface area contributed by atoms with Gasteiger partial charge < -0.3 is 60.9 Å². The van der Waals surface area contributed by atoms with Gasteiger partial charge in [-0.05, 0) is 91.0 Å². The number of anilines is 4. The highest BCUT2D eigenvalue weighted by Gasteiger charge is 2.27. The fraction of sp³-hybridized carbons (Fsp3) is 0.0541. The number of para-hydroxylation sites is 4. The van der Waals surface area contributed by atoms with E-state index in [1.165, 1.54) is 87.4 Å². The number of carbonyl (C=O) groups is 6. The lowest BCUT2D eigenvalue weighted by molar-refractivity contribution is -0.142. The first kappa shape index (κ1) is 73.9. The smallest absolute Gasteiger partial charge is 0.335 e. The highest BCUT2D eigenvalue weighted by molar-refractivity contribution is 6.09. The van der Waals surface area contributed by atoms with Crippen LogP contribution in [0.3, 0.4) is 0 Å². The van der Waals surface area contributed by atoms with Gasteiger partial charge in [-0.3, -0.25) is 44.4 Å². The number of carbonyl (C=O) groups excluding carboxylic acids is 5. The number of carboxylic acids is 1. The Morgan fingerprint density at radius 3 is 1.17 bits per heavy atom. The molecule has 16 rings (SSSR count). The molecule has 558 valence electrons. The monoisotopic (exact) mass is 1510 g/mol. The van der Waals surface area contributed by atoms with E-state index in [-0.39, 0.29) is 58.7 Å². The number of amides is 4. The Hall–Kier alpha value is -15.4. The van der Waals surface area contributed by atoms with E-state index in [4.69, 9.17) is 14.6 Å². The zero-order valence-corrected chi connectivity index (χ0v) is 57.0. The van der Waals surface area contributed by atoms with Crippen molar-refractivity contribution < 1.29 is 79.2 Å². The van der Waals surface area contributed by atoms with Gasteiger partial charge in [-0.25, -0.2) is 55.5 Å². The third-order valence-electron chi connectivity index (χ3n) is 16.4. The number of methoxy groups -OCH3 is 1. The quantitative estimate of drug-likeness (QED) is 0.0297. The molecule has 0 saturated heterocycles. The Balaban J connectivity index is 0.000000130. The molecule has 8 aromatic heterocycles. The molecule has 0 spiro atoms. The average Bonchev–Trinajstić information content (AvgIpc) is 1.72. The molecule has 0 bridgehead atoms. The average molecular weight is 1520 g/mol. The van der Waals surface area contributed by atoms with E-state index in [0.29, 0.717) is 84.5 Å². The molecule has 16 aromatic rings. The number of H-pyrrole nitrogens is 8. The lowest BCUT2D eigenvalue weighted by Crippen LogP contribution is -2.16. The second-order valence-corrected chi connectivity index (χ2v) is 23.5. The molecule has 37 heteroatoms. The first-order chi connectivity index (χ1) is 53.6. The molecular formula is C74H53F7N20O10. The number of aliphatic hydroxyl groups excluding tert-OH is 1. The largest absolute Gasteiger partial charge is 0.496 e. The Morgan fingerprint density at radius 1 is 0.405 bits per heavy atom. The van der Waals surface area contributed by atoms with Crippen LogP contribution in [0.2, 0.25) is 0 Å². The second-order valence-electron chi connectivity index (χ2n) is 23.5. The molecule has 0 atom stereocenters. The molecule has 30 nitrogen and oxygen atoms in total. The number of carboxylic acid groups (broad SMARTS) is 1. The number of imidazole rings is 4. The topological polar surface area (TPSA) is 439 Å². The summed E-state index contributed by atoms with van der Waals surface area (Å²) < 4.78 is 107. The van der Waals surface area contributed by atoms with Crippen molar-refractivity contribution in [1.82, 2.24) is 80.7 Å². The first-order valence-electron chi connectivity index (χ1n) is 32.5. The number of aromatic amines is 8. The van der Waals surface area contributed by atoms with Crippen LogP contribution in [-0.2, 0) is 22.7 Å². The number of nitrogens with one attached hydrogen (secondary N) is 12. The van der Waals surface area contributed by atoms with Crippen LogP contribution in [0.25, 0.3) is 90.2 Å². The second kappa shape index (κ2) is 32.1. The molecule has 0 radical (unpaired) electrons. The Morgan fingerprint density at radius 2 is 0.757 bits per heavy atom. The lowest BCUT2D eigenvalue weighted by atomic mass is 10.1. The number of fused-ring (bicyclic) bond motifs is 4. The number of esters is 1. The molecule has 0 unspecified atom stereocenters. The van der Waals surface area contributed by atoms with Crippen molar-refractivity contribution in [2.75, 3.05) is 28.4 Å². The van der Waals surface area contributed by atoms with Crippen molar-refractivity contribution in [2.45, 2.75) is 20.1 Å². The molecule has 111 heavy (non-hydrogen) atoms. The Bertz CT molecular complexity index is 6150. The number of aromatic carboxylic acids is 1. The van der Waals surface area contributed by atoms with Gasteiger partial charge in [0.2, 0.25) is 0 Å². The SMILES string of the molecule is CC(=O)OCc1cccc2[nH]c(-c3[nH]ncc3NC(=O)c3c(F)cccc3F)nc12.COc1cccc(F)c1C(=O)Nc1cn[nH]c1-c1nc2ccccc2[nH]1.O=C(Nc1cn[nH]c1-c1nc2c(CO)cccc2[nH]1)c1c(F)cccc1F.O=C(O)c1ccc2nc(-c3[nH]ncc3NC(=O)c3c(F)cccc3F)[nH]c2c1. The number of hydrogen-bond acceptors (Lipinski definition) is 17.